The Kier molecular flexibility index (Phi) is 10.3. The van der Waals surface area contributed by atoms with E-state index >= 15 is 0 Å². The number of carbonyl (C=O) groups excluding carboxylic acids is 3. The fraction of sp³-hybridized carbons (Fsp3) is 0.526. The Labute approximate surface area is 169 Å². The van der Waals surface area contributed by atoms with Crippen LogP contribution in [-0.2, 0) is 14.3 Å². The Morgan fingerprint density at radius 3 is 2.30 bits per heavy atom. The van der Waals surface area contributed by atoms with Crippen molar-refractivity contribution in [1.82, 2.24) is 10.6 Å². The molecule has 0 fully saturated rings. The molecule has 1 rings (SSSR count). The summed E-state index contributed by atoms with van der Waals surface area (Å²) >= 11 is 7.37. The van der Waals surface area contributed by atoms with Gasteiger partial charge in [-0.15, -0.1) is 0 Å². The van der Waals surface area contributed by atoms with Crippen molar-refractivity contribution in [2.24, 2.45) is 5.92 Å². The van der Waals surface area contributed by atoms with E-state index in [2.05, 4.69) is 10.6 Å². The van der Waals surface area contributed by atoms with E-state index in [9.17, 15) is 14.4 Å². The van der Waals surface area contributed by atoms with Gasteiger partial charge in [-0.05, 0) is 55.5 Å². The van der Waals surface area contributed by atoms with Crippen molar-refractivity contribution >= 4 is 41.1 Å². The molecule has 0 aromatic heterocycles. The highest BCUT2D eigenvalue weighted by Crippen LogP contribution is 2.10. The fourth-order valence-electron chi connectivity index (χ4n) is 2.03. The molecule has 1 aromatic carbocycles. The Bertz CT molecular complexity index is 637. The van der Waals surface area contributed by atoms with Gasteiger partial charge in [0.2, 0.25) is 0 Å². The van der Waals surface area contributed by atoms with Gasteiger partial charge in [0.1, 0.15) is 6.04 Å². The zero-order valence-corrected chi connectivity index (χ0v) is 17.7. The Morgan fingerprint density at radius 2 is 1.74 bits per heavy atom. The normalized spacial score (nSPS) is 13.0. The van der Waals surface area contributed by atoms with Gasteiger partial charge in [-0.2, -0.15) is 11.8 Å². The van der Waals surface area contributed by atoms with Crippen molar-refractivity contribution in [3.05, 3.63) is 34.9 Å². The molecule has 0 aliphatic rings. The Hall–Kier alpha value is -1.73. The first kappa shape index (κ1) is 23.3. The van der Waals surface area contributed by atoms with Crippen molar-refractivity contribution in [3.8, 4) is 0 Å². The molecule has 0 saturated carbocycles. The molecule has 0 aliphatic carbocycles. The molecule has 2 N–H and O–H groups in total. The van der Waals surface area contributed by atoms with Crippen LogP contribution >= 0.6 is 23.4 Å². The number of rotatable bonds is 10. The highest BCUT2D eigenvalue weighted by Gasteiger charge is 2.23. The number of ether oxygens (including phenoxy) is 1. The van der Waals surface area contributed by atoms with E-state index in [-0.39, 0.29) is 24.5 Å². The number of hydrogen-bond acceptors (Lipinski definition) is 5. The Balaban J connectivity index is 2.63. The van der Waals surface area contributed by atoms with Crippen molar-refractivity contribution in [2.45, 2.75) is 39.3 Å². The minimum absolute atomic E-state index is 0.0203. The van der Waals surface area contributed by atoms with Crippen LogP contribution in [-0.4, -0.2) is 48.5 Å². The summed E-state index contributed by atoms with van der Waals surface area (Å²) in [6.45, 7) is 5.49. The van der Waals surface area contributed by atoms with Crippen LogP contribution in [0.3, 0.4) is 0 Å². The van der Waals surface area contributed by atoms with Crippen LogP contribution in [0.4, 0.5) is 0 Å². The van der Waals surface area contributed by atoms with Crippen LogP contribution in [0.1, 0.15) is 37.6 Å². The third-order valence-corrected chi connectivity index (χ3v) is 4.94. The van der Waals surface area contributed by atoms with Crippen molar-refractivity contribution in [3.63, 3.8) is 0 Å². The molecule has 0 unspecified atom stereocenters. The van der Waals surface area contributed by atoms with Crippen molar-refractivity contribution in [1.29, 1.82) is 0 Å². The number of thioether (sulfide) groups is 1. The van der Waals surface area contributed by atoms with Crippen LogP contribution in [0.2, 0.25) is 5.02 Å². The molecule has 2 amide bonds. The van der Waals surface area contributed by atoms with Crippen LogP contribution in [0.5, 0.6) is 0 Å². The number of benzene rings is 1. The van der Waals surface area contributed by atoms with Gasteiger partial charge in [0.25, 0.3) is 11.8 Å². The van der Waals surface area contributed by atoms with E-state index in [0.29, 0.717) is 22.8 Å². The lowest BCUT2D eigenvalue weighted by Crippen LogP contribution is -2.44. The molecular formula is C19H27ClN2O4S. The number of nitrogens with one attached hydrogen (secondary N) is 2. The first-order valence-corrected chi connectivity index (χ1v) is 10.5. The van der Waals surface area contributed by atoms with Crippen LogP contribution in [0.15, 0.2) is 24.3 Å². The molecule has 0 heterocycles. The lowest BCUT2D eigenvalue weighted by Gasteiger charge is -2.19. The second kappa shape index (κ2) is 11.9. The van der Waals surface area contributed by atoms with Crippen LogP contribution < -0.4 is 10.6 Å². The lowest BCUT2D eigenvalue weighted by molar-refractivity contribution is -0.150. The number of esters is 1. The Morgan fingerprint density at radius 1 is 1.11 bits per heavy atom. The number of amides is 2. The largest absolute Gasteiger partial charge is 0.454 e. The van der Waals surface area contributed by atoms with E-state index in [1.807, 2.05) is 27.0 Å². The summed E-state index contributed by atoms with van der Waals surface area (Å²) in [5.41, 5.74) is 0.393. The van der Waals surface area contributed by atoms with E-state index in [4.69, 9.17) is 16.3 Å². The van der Waals surface area contributed by atoms with Gasteiger partial charge in [0.05, 0.1) is 0 Å². The molecule has 0 bridgehead atoms. The maximum Gasteiger partial charge on any atom is 0.329 e. The zero-order chi connectivity index (χ0) is 20.4. The quantitative estimate of drug-likeness (QED) is 0.575. The third-order valence-electron chi connectivity index (χ3n) is 4.04. The average Bonchev–Trinajstić information content (AvgIpc) is 2.63. The van der Waals surface area contributed by atoms with Gasteiger partial charge < -0.3 is 15.4 Å². The monoisotopic (exact) mass is 414 g/mol. The fourth-order valence-corrected chi connectivity index (χ4v) is 2.62. The summed E-state index contributed by atoms with van der Waals surface area (Å²) < 4.78 is 5.10. The second-order valence-corrected chi connectivity index (χ2v) is 7.94. The second-order valence-electron chi connectivity index (χ2n) is 6.52. The van der Waals surface area contributed by atoms with Crippen LogP contribution in [0.25, 0.3) is 0 Å². The van der Waals surface area contributed by atoms with E-state index < -0.39 is 17.9 Å². The summed E-state index contributed by atoms with van der Waals surface area (Å²) in [5, 5.41) is 5.96. The van der Waals surface area contributed by atoms with Gasteiger partial charge in [0, 0.05) is 16.6 Å². The molecule has 0 aliphatic heterocycles. The molecule has 2 atom stereocenters. The molecule has 0 spiro atoms. The number of halogens is 1. The summed E-state index contributed by atoms with van der Waals surface area (Å²) in [7, 11) is 0. The summed E-state index contributed by atoms with van der Waals surface area (Å²) in [5.74, 6) is -0.446. The lowest BCUT2D eigenvalue weighted by atomic mass is 10.1. The first-order chi connectivity index (χ1) is 12.7. The van der Waals surface area contributed by atoms with Gasteiger partial charge in [-0.25, -0.2) is 4.79 Å². The number of carbonyl (C=O) groups is 3. The predicted octanol–water partition coefficient (Wildman–Crippen LogP) is 2.90. The van der Waals surface area contributed by atoms with Crippen molar-refractivity contribution < 1.29 is 19.1 Å². The third kappa shape index (κ3) is 8.67. The molecule has 8 heteroatoms. The van der Waals surface area contributed by atoms with Crippen molar-refractivity contribution in [2.75, 3.05) is 18.6 Å². The first-order valence-electron chi connectivity index (χ1n) is 8.76. The zero-order valence-electron chi connectivity index (χ0n) is 16.1. The summed E-state index contributed by atoms with van der Waals surface area (Å²) in [6, 6.07) is 5.52. The van der Waals surface area contributed by atoms with Gasteiger partial charge >= 0.3 is 5.97 Å². The summed E-state index contributed by atoms with van der Waals surface area (Å²) in [6.07, 6.45) is 2.31. The average molecular weight is 415 g/mol. The molecule has 1 aromatic rings. The minimum Gasteiger partial charge on any atom is -0.454 e. The SMILES string of the molecule is CSCC[C@@H](NC(=O)c1ccc(Cl)cc1)C(=O)OCC(=O)N[C@H](C)C(C)C. The molecule has 27 heavy (non-hydrogen) atoms. The highest BCUT2D eigenvalue weighted by molar-refractivity contribution is 7.98. The summed E-state index contributed by atoms with van der Waals surface area (Å²) in [4.78, 5) is 36.6. The maximum absolute atomic E-state index is 12.3. The molecule has 0 saturated heterocycles. The molecular weight excluding hydrogens is 388 g/mol. The van der Waals surface area contributed by atoms with E-state index in [1.165, 1.54) is 0 Å². The standard InChI is InChI=1S/C19H27ClN2O4S/c1-12(2)13(3)21-17(23)11-26-19(25)16(9-10-27-4)22-18(24)14-5-7-15(20)8-6-14/h5-8,12-13,16H,9-11H2,1-4H3,(H,21,23)(H,22,24)/t13-,16-/m1/s1. The van der Waals surface area contributed by atoms with E-state index in [1.54, 1.807) is 36.0 Å². The van der Waals surface area contributed by atoms with E-state index in [0.717, 1.165) is 0 Å². The minimum atomic E-state index is -0.823. The molecule has 0 radical (unpaired) electrons. The number of hydrogen-bond donors (Lipinski definition) is 2. The molecule has 150 valence electrons. The topological polar surface area (TPSA) is 84.5 Å². The highest BCUT2D eigenvalue weighted by atomic mass is 35.5. The van der Waals surface area contributed by atoms with Gasteiger partial charge in [0.15, 0.2) is 6.61 Å². The van der Waals surface area contributed by atoms with Gasteiger partial charge in [-0.3, -0.25) is 9.59 Å². The smallest absolute Gasteiger partial charge is 0.329 e. The van der Waals surface area contributed by atoms with Gasteiger partial charge in [-0.1, -0.05) is 25.4 Å². The van der Waals surface area contributed by atoms with Crippen LogP contribution in [0, 0.1) is 5.92 Å². The predicted molar refractivity (Wildman–Crippen MR) is 109 cm³/mol. The molecule has 6 nitrogen and oxygen atoms in total. The maximum atomic E-state index is 12.3.